The van der Waals surface area contributed by atoms with E-state index in [1.807, 2.05) is 6.92 Å². The van der Waals surface area contributed by atoms with E-state index in [0.29, 0.717) is 6.61 Å². The molecule has 0 amide bonds. The van der Waals surface area contributed by atoms with Gasteiger partial charge in [-0.2, -0.15) is 0 Å². The van der Waals surface area contributed by atoms with E-state index in [4.69, 9.17) is 4.74 Å². The van der Waals surface area contributed by atoms with Crippen LogP contribution in [0.5, 0.6) is 0 Å². The second-order valence-corrected chi connectivity index (χ2v) is 5.41. The van der Waals surface area contributed by atoms with Gasteiger partial charge in [0.05, 0.1) is 6.61 Å². The summed E-state index contributed by atoms with van der Waals surface area (Å²) in [6, 6.07) is -0.0986. The predicted octanol–water partition coefficient (Wildman–Crippen LogP) is 0.309. The van der Waals surface area contributed by atoms with Crippen molar-refractivity contribution in [2.75, 3.05) is 52.4 Å². The highest BCUT2D eigenvalue weighted by Crippen LogP contribution is 2.10. The van der Waals surface area contributed by atoms with Crippen LogP contribution in [0.3, 0.4) is 0 Å². The molecule has 0 aromatic heterocycles. The largest absolute Gasteiger partial charge is 0.465 e. The highest BCUT2D eigenvalue weighted by Gasteiger charge is 2.29. The summed E-state index contributed by atoms with van der Waals surface area (Å²) in [6.45, 7) is 9.46. The zero-order chi connectivity index (χ0) is 13.5. The molecule has 0 saturated carbocycles. The van der Waals surface area contributed by atoms with Gasteiger partial charge in [-0.15, -0.1) is 0 Å². The number of nitrogens with one attached hydrogen (secondary N) is 1. The summed E-state index contributed by atoms with van der Waals surface area (Å²) in [5, 5.41) is 3.29. The number of piperazine rings is 1. The lowest BCUT2D eigenvalue weighted by Gasteiger charge is -2.36. The summed E-state index contributed by atoms with van der Waals surface area (Å²) >= 11 is 0. The second-order valence-electron chi connectivity index (χ2n) is 5.41. The first-order valence-corrected chi connectivity index (χ1v) is 7.65. The van der Waals surface area contributed by atoms with Gasteiger partial charge in [-0.05, 0) is 32.9 Å². The maximum atomic E-state index is 11.9. The molecular weight excluding hydrogens is 242 g/mol. The van der Waals surface area contributed by atoms with Gasteiger partial charge < -0.3 is 15.0 Å². The Morgan fingerprint density at radius 3 is 2.74 bits per heavy atom. The smallest absolute Gasteiger partial charge is 0.324 e. The van der Waals surface area contributed by atoms with Crippen molar-refractivity contribution in [1.82, 2.24) is 15.1 Å². The summed E-state index contributed by atoms with van der Waals surface area (Å²) in [6.07, 6.45) is 4.02. The van der Waals surface area contributed by atoms with Gasteiger partial charge in [0.2, 0.25) is 0 Å². The van der Waals surface area contributed by atoms with Crippen LogP contribution in [0.2, 0.25) is 0 Å². The van der Waals surface area contributed by atoms with Gasteiger partial charge in [-0.1, -0.05) is 6.42 Å². The van der Waals surface area contributed by atoms with Crippen molar-refractivity contribution in [1.29, 1.82) is 0 Å². The number of rotatable bonds is 5. The molecule has 0 spiro atoms. The summed E-state index contributed by atoms with van der Waals surface area (Å²) in [4.78, 5) is 16.7. The van der Waals surface area contributed by atoms with Gasteiger partial charge in [0.15, 0.2) is 0 Å². The van der Waals surface area contributed by atoms with Crippen molar-refractivity contribution in [3.63, 3.8) is 0 Å². The van der Waals surface area contributed by atoms with Gasteiger partial charge in [0.25, 0.3) is 0 Å². The number of carbonyl (C=O) groups excluding carboxylic acids is 1. The maximum absolute atomic E-state index is 11.9. The zero-order valence-electron chi connectivity index (χ0n) is 12.1. The van der Waals surface area contributed by atoms with Crippen LogP contribution < -0.4 is 5.32 Å². The fourth-order valence-corrected chi connectivity index (χ4v) is 2.94. The molecule has 0 bridgehead atoms. The Morgan fingerprint density at radius 1 is 1.21 bits per heavy atom. The molecule has 2 rings (SSSR count). The molecule has 110 valence electrons. The molecule has 19 heavy (non-hydrogen) atoms. The molecule has 2 aliphatic rings. The van der Waals surface area contributed by atoms with Crippen molar-refractivity contribution in [2.24, 2.45) is 0 Å². The Bertz CT molecular complexity index is 280. The number of ether oxygens (including phenoxy) is 1. The SMILES string of the molecule is CCOC(=O)C1CNCCN1CCN1CCCCC1. The highest BCUT2D eigenvalue weighted by atomic mass is 16.5. The monoisotopic (exact) mass is 269 g/mol. The minimum atomic E-state index is -0.0986. The normalized spacial score (nSPS) is 26.3. The lowest BCUT2D eigenvalue weighted by molar-refractivity contribution is -0.150. The van der Waals surface area contributed by atoms with Crippen LogP contribution >= 0.6 is 0 Å². The van der Waals surface area contributed by atoms with Gasteiger partial charge in [0, 0.05) is 32.7 Å². The average molecular weight is 269 g/mol. The average Bonchev–Trinajstić information content (AvgIpc) is 2.47. The van der Waals surface area contributed by atoms with Gasteiger partial charge >= 0.3 is 5.97 Å². The Hall–Kier alpha value is -0.650. The summed E-state index contributed by atoms with van der Waals surface area (Å²) in [5.74, 6) is -0.0756. The number of nitrogens with zero attached hydrogens (tertiary/aromatic N) is 2. The number of hydrogen-bond acceptors (Lipinski definition) is 5. The third kappa shape index (κ3) is 4.44. The second kappa shape index (κ2) is 7.82. The standard InChI is InChI=1S/C14H27N3O2/c1-2-19-14(18)13-12-15-6-9-17(13)11-10-16-7-4-3-5-8-16/h13,15H,2-12H2,1H3. The Kier molecular flexibility index (Phi) is 6.07. The van der Waals surface area contributed by atoms with Gasteiger partial charge in [-0.25, -0.2) is 0 Å². The first-order valence-electron chi connectivity index (χ1n) is 7.65. The minimum Gasteiger partial charge on any atom is -0.465 e. The van der Waals surface area contributed by atoms with Crippen molar-refractivity contribution in [2.45, 2.75) is 32.2 Å². The number of likely N-dealkylation sites (tertiary alicyclic amines) is 1. The topological polar surface area (TPSA) is 44.8 Å². The van der Waals surface area contributed by atoms with Crippen LogP contribution in [0.15, 0.2) is 0 Å². The van der Waals surface area contributed by atoms with Crippen molar-refractivity contribution in [3.05, 3.63) is 0 Å². The lowest BCUT2D eigenvalue weighted by Crippen LogP contribution is -2.56. The molecule has 1 atom stereocenters. The Morgan fingerprint density at radius 2 is 2.00 bits per heavy atom. The molecular formula is C14H27N3O2. The van der Waals surface area contributed by atoms with E-state index in [1.54, 1.807) is 0 Å². The van der Waals surface area contributed by atoms with E-state index in [9.17, 15) is 4.79 Å². The molecule has 0 aromatic carbocycles. The van der Waals surface area contributed by atoms with E-state index in [-0.39, 0.29) is 12.0 Å². The van der Waals surface area contributed by atoms with Crippen LogP contribution in [0.4, 0.5) is 0 Å². The summed E-state index contributed by atoms with van der Waals surface area (Å²) < 4.78 is 5.17. The quantitative estimate of drug-likeness (QED) is 0.728. The Balaban J connectivity index is 1.79. The molecule has 2 fully saturated rings. The first-order chi connectivity index (χ1) is 9.31. The fourth-order valence-electron chi connectivity index (χ4n) is 2.94. The molecule has 0 aromatic rings. The van der Waals surface area contributed by atoms with Crippen LogP contribution in [0.1, 0.15) is 26.2 Å². The van der Waals surface area contributed by atoms with Crippen LogP contribution in [-0.2, 0) is 9.53 Å². The minimum absolute atomic E-state index is 0.0756. The summed E-state index contributed by atoms with van der Waals surface area (Å²) in [7, 11) is 0. The molecule has 0 aliphatic carbocycles. The zero-order valence-corrected chi connectivity index (χ0v) is 12.1. The lowest BCUT2D eigenvalue weighted by atomic mass is 10.1. The maximum Gasteiger partial charge on any atom is 0.324 e. The van der Waals surface area contributed by atoms with Gasteiger partial charge in [-0.3, -0.25) is 9.69 Å². The third-order valence-electron chi connectivity index (χ3n) is 4.07. The third-order valence-corrected chi connectivity index (χ3v) is 4.07. The van der Waals surface area contributed by atoms with E-state index in [1.165, 1.54) is 32.4 Å². The molecule has 1 N–H and O–H groups in total. The van der Waals surface area contributed by atoms with E-state index in [2.05, 4.69) is 15.1 Å². The fraction of sp³-hybridized carbons (Fsp3) is 0.929. The van der Waals surface area contributed by atoms with E-state index in [0.717, 1.165) is 32.7 Å². The predicted molar refractivity (Wildman–Crippen MR) is 75.2 cm³/mol. The first kappa shape index (κ1) is 14.8. The molecule has 1 unspecified atom stereocenters. The van der Waals surface area contributed by atoms with E-state index < -0.39 is 0 Å². The van der Waals surface area contributed by atoms with Crippen LogP contribution in [0, 0.1) is 0 Å². The van der Waals surface area contributed by atoms with Crippen molar-refractivity contribution >= 4 is 5.97 Å². The molecule has 2 heterocycles. The molecule has 2 aliphatic heterocycles. The van der Waals surface area contributed by atoms with Crippen LogP contribution in [-0.4, -0.2) is 74.2 Å². The van der Waals surface area contributed by atoms with Crippen LogP contribution in [0.25, 0.3) is 0 Å². The van der Waals surface area contributed by atoms with Crippen molar-refractivity contribution < 1.29 is 9.53 Å². The number of piperidine rings is 1. The van der Waals surface area contributed by atoms with Gasteiger partial charge in [0.1, 0.15) is 6.04 Å². The molecule has 5 heteroatoms. The molecule has 5 nitrogen and oxygen atoms in total. The Labute approximate surface area is 116 Å². The summed E-state index contributed by atoms with van der Waals surface area (Å²) in [5.41, 5.74) is 0. The molecule has 0 radical (unpaired) electrons. The number of hydrogen-bond donors (Lipinski definition) is 1. The number of esters is 1. The van der Waals surface area contributed by atoms with E-state index >= 15 is 0 Å². The molecule has 2 saturated heterocycles. The number of carbonyl (C=O) groups is 1. The van der Waals surface area contributed by atoms with Crippen molar-refractivity contribution in [3.8, 4) is 0 Å². The highest BCUT2D eigenvalue weighted by molar-refractivity contribution is 5.76.